The molecule has 23 heavy (non-hydrogen) atoms. The number of carbonyl (C=O) groups excluding carboxylic acids is 1. The third-order valence-corrected chi connectivity index (χ3v) is 4.40. The maximum Gasteiger partial charge on any atom is 0.226 e. The van der Waals surface area contributed by atoms with Crippen molar-refractivity contribution in [3.63, 3.8) is 0 Å². The normalized spacial score (nSPS) is 11.0. The number of nitrogens with one attached hydrogen (secondary N) is 1. The van der Waals surface area contributed by atoms with Crippen molar-refractivity contribution in [1.29, 1.82) is 0 Å². The van der Waals surface area contributed by atoms with Crippen LogP contribution in [0.4, 0.5) is 5.13 Å². The molecule has 1 amide bonds. The summed E-state index contributed by atoms with van der Waals surface area (Å²) in [5, 5.41) is 6.52. The number of thiazole rings is 1. The summed E-state index contributed by atoms with van der Waals surface area (Å²) in [6.45, 7) is 1.48. The molecule has 2 heterocycles. The topological polar surface area (TPSA) is 56.1 Å². The Kier molecular flexibility index (Phi) is 5.05. The average Bonchev–Trinajstić information content (AvgIpc) is 3.19. The highest BCUT2D eigenvalue weighted by atomic mass is 32.1. The zero-order valence-electron chi connectivity index (χ0n) is 13.0. The molecule has 0 aliphatic carbocycles. The molecule has 2 aromatic heterocycles. The van der Waals surface area contributed by atoms with Gasteiger partial charge in [-0.15, -0.1) is 11.3 Å². The predicted octanol–water partition coefficient (Wildman–Crippen LogP) is 3.32. The Balaban J connectivity index is 1.71. The molecular weight excluding hydrogens is 310 g/mol. The van der Waals surface area contributed by atoms with Gasteiger partial charge in [-0.05, 0) is 18.1 Å². The van der Waals surface area contributed by atoms with Crippen LogP contribution in [0, 0.1) is 0 Å². The molecule has 0 saturated carbocycles. The Morgan fingerprint density at radius 1 is 1.39 bits per heavy atom. The van der Waals surface area contributed by atoms with Crippen LogP contribution in [0.25, 0.3) is 10.9 Å². The minimum Gasteiger partial charge on any atom is -0.383 e. The molecule has 0 spiro atoms. The number of hydrogen-bond acceptors (Lipinski definition) is 4. The summed E-state index contributed by atoms with van der Waals surface area (Å²) in [7, 11) is 1.70. The molecule has 0 bridgehead atoms. The molecular formula is C17H19N3O2S. The number of para-hydroxylation sites is 1. The molecule has 1 N–H and O–H groups in total. The Labute approximate surface area is 138 Å². The van der Waals surface area contributed by atoms with Gasteiger partial charge in [0, 0.05) is 48.8 Å². The van der Waals surface area contributed by atoms with Crippen LogP contribution in [-0.4, -0.2) is 29.2 Å². The third kappa shape index (κ3) is 3.78. The van der Waals surface area contributed by atoms with Gasteiger partial charge in [-0.3, -0.25) is 4.79 Å². The number of aromatic nitrogens is 2. The smallest absolute Gasteiger partial charge is 0.226 e. The Morgan fingerprint density at radius 2 is 2.26 bits per heavy atom. The van der Waals surface area contributed by atoms with E-state index in [4.69, 9.17) is 4.74 Å². The predicted molar refractivity (Wildman–Crippen MR) is 92.9 cm³/mol. The van der Waals surface area contributed by atoms with E-state index in [9.17, 15) is 4.79 Å². The van der Waals surface area contributed by atoms with E-state index < -0.39 is 0 Å². The van der Waals surface area contributed by atoms with Gasteiger partial charge in [0.2, 0.25) is 5.91 Å². The highest BCUT2D eigenvalue weighted by Crippen LogP contribution is 2.23. The summed E-state index contributed by atoms with van der Waals surface area (Å²) in [6.07, 6.45) is 4.96. The molecule has 120 valence electrons. The molecule has 0 atom stereocenters. The van der Waals surface area contributed by atoms with Crippen molar-refractivity contribution in [3.05, 3.63) is 47.6 Å². The third-order valence-electron chi connectivity index (χ3n) is 3.71. The Hall–Kier alpha value is -2.18. The Bertz CT molecular complexity index is 780. The number of amides is 1. The van der Waals surface area contributed by atoms with Crippen molar-refractivity contribution in [1.82, 2.24) is 9.55 Å². The van der Waals surface area contributed by atoms with E-state index in [2.05, 4.69) is 33.2 Å². The monoisotopic (exact) mass is 329 g/mol. The van der Waals surface area contributed by atoms with Gasteiger partial charge in [-0.1, -0.05) is 18.2 Å². The van der Waals surface area contributed by atoms with E-state index in [-0.39, 0.29) is 5.91 Å². The summed E-state index contributed by atoms with van der Waals surface area (Å²) in [6, 6.07) is 8.27. The fraction of sp³-hybridized carbons (Fsp3) is 0.294. The summed E-state index contributed by atoms with van der Waals surface area (Å²) in [4.78, 5) is 16.1. The number of fused-ring (bicyclic) bond motifs is 1. The lowest BCUT2D eigenvalue weighted by Crippen LogP contribution is -2.11. The maximum atomic E-state index is 12.0. The van der Waals surface area contributed by atoms with Gasteiger partial charge in [0.15, 0.2) is 5.13 Å². The number of benzene rings is 1. The van der Waals surface area contributed by atoms with Crippen LogP contribution in [0.1, 0.15) is 12.0 Å². The van der Waals surface area contributed by atoms with Gasteiger partial charge in [0.1, 0.15) is 0 Å². The standard InChI is InChI=1S/C17H19N3O2S/c1-22-10-9-20-12-13(14-4-2-3-5-15(14)20)6-7-16(21)19-17-18-8-11-23-17/h2-5,8,11-12H,6-7,9-10H2,1H3,(H,18,19,21). The minimum atomic E-state index is -0.00586. The lowest BCUT2D eigenvalue weighted by atomic mass is 10.1. The van der Waals surface area contributed by atoms with Crippen molar-refractivity contribution in [3.8, 4) is 0 Å². The number of anilines is 1. The number of nitrogens with zero attached hydrogens (tertiary/aromatic N) is 2. The van der Waals surface area contributed by atoms with E-state index in [0.29, 0.717) is 24.6 Å². The van der Waals surface area contributed by atoms with Crippen molar-refractivity contribution in [2.45, 2.75) is 19.4 Å². The molecule has 6 heteroatoms. The first-order chi connectivity index (χ1) is 11.3. The molecule has 5 nitrogen and oxygen atoms in total. The highest BCUT2D eigenvalue weighted by molar-refractivity contribution is 7.13. The van der Waals surface area contributed by atoms with E-state index in [1.807, 2.05) is 17.5 Å². The summed E-state index contributed by atoms with van der Waals surface area (Å²) in [5.74, 6) is -0.00586. The van der Waals surface area contributed by atoms with E-state index in [1.54, 1.807) is 13.3 Å². The van der Waals surface area contributed by atoms with Crippen molar-refractivity contribution < 1.29 is 9.53 Å². The summed E-state index contributed by atoms with van der Waals surface area (Å²) in [5.41, 5.74) is 2.37. The van der Waals surface area contributed by atoms with Gasteiger partial charge >= 0.3 is 0 Å². The molecule has 1 aromatic carbocycles. The number of rotatable bonds is 7. The molecule has 3 rings (SSSR count). The molecule has 0 saturated heterocycles. The number of aryl methyl sites for hydroxylation is 1. The molecule has 3 aromatic rings. The summed E-state index contributed by atoms with van der Waals surface area (Å²) < 4.78 is 7.36. The van der Waals surface area contributed by atoms with Crippen LogP contribution >= 0.6 is 11.3 Å². The van der Waals surface area contributed by atoms with Crippen LogP contribution in [-0.2, 0) is 22.5 Å². The van der Waals surface area contributed by atoms with Gasteiger partial charge in [-0.25, -0.2) is 4.98 Å². The quantitative estimate of drug-likeness (QED) is 0.723. The molecule has 0 radical (unpaired) electrons. The van der Waals surface area contributed by atoms with E-state index in [1.165, 1.54) is 27.8 Å². The maximum absolute atomic E-state index is 12.0. The van der Waals surface area contributed by atoms with Crippen molar-refractivity contribution in [2.24, 2.45) is 0 Å². The average molecular weight is 329 g/mol. The second-order valence-electron chi connectivity index (χ2n) is 5.24. The van der Waals surface area contributed by atoms with Gasteiger partial charge in [0.05, 0.1) is 6.61 Å². The summed E-state index contributed by atoms with van der Waals surface area (Å²) >= 11 is 1.43. The molecule has 0 aliphatic heterocycles. The minimum absolute atomic E-state index is 0.00586. The molecule has 0 unspecified atom stereocenters. The van der Waals surface area contributed by atoms with E-state index >= 15 is 0 Å². The first-order valence-electron chi connectivity index (χ1n) is 7.53. The van der Waals surface area contributed by atoms with Crippen LogP contribution in [0.15, 0.2) is 42.0 Å². The van der Waals surface area contributed by atoms with Gasteiger partial charge in [0.25, 0.3) is 0 Å². The fourth-order valence-corrected chi connectivity index (χ4v) is 3.16. The Morgan fingerprint density at radius 3 is 3.04 bits per heavy atom. The van der Waals surface area contributed by atoms with Crippen LogP contribution in [0.5, 0.6) is 0 Å². The molecule has 0 fully saturated rings. The number of carbonyl (C=O) groups is 1. The zero-order chi connectivity index (χ0) is 16.1. The lowest BCUT2D eigenvalue weighted by molar-refractivity contribution is -0.116. The van der Waals surface area contributed by atoms with Gasteiger partial charge < -0.3 is 14.6 Å². The van der Waals surface area contributed by atoms with Crippen LogP contribution in [0.2, 0.25) is 0 Å². The largest absolute Gasteiger partial charge is 0.383 e. The van der Waals surface area contributed by atoms with E-state index in [0.717, 1.165) is 6.54 Å². The number of methoxy groups -OCH3 is 1. The first-order valence-corrected chi connectivity index (χ1v) is 8.41. The number of hydrogen-bond donors (Lipinski definition) is 1. The number of ether oxygens (including phenoxy) is 1. The van der Waals surface area contributed by atoms with Crippen molar-refractivity contribution in [2.75, 3.05) is 19.0 Å². The second kappa shape index (κ2) is 7.39. The van der Waals surface area contributed by atoms with Crippen LogP contribution in [0.3, 0.4) is 0 Å². The lowest BCUT2D eigenvalue weighted by Gasteiger charge is -2.03. The van der Waals surface area contributed by atoms with Gasteiger partial charge in [-0.2, -0.15) is 0 Å². The second-order valence-corrected chi connectivity index (χ2v) is 6.14. The van der Waals surface area contributed by atoms with Crippen molar-refractivity contribution >= 4 is 33.3 Å². The first kappa shape index (κ1) is 15.7. The van der Waals surface area contributed by atoms with Crippen LogP contribution < -0.4 is 5.32 Å². The highest BCUT2D eigenvalue weighted by Gasteiger charge is 2.10. The zero-order valence-corrected chi connectivity index (χ0v) is 13.8. The fourth-order valence-electron chi connectivity index (χ4n) is 2.61. The molecule has 0 aliphatic rings. The SMILES string of the molecule is COCCn1cc(CCC(=O)Nc2nccs2)c2ccccc21.